The van der Waals surface area contributed by atoms with E-state index in [1.54, 1.807) is 0 Å². The van der Waals surface area contributed by atoms with Crippen LogP contribution >= 0.6 is 0 Å². The normalized spacial score (nSPS) is 34.8. The molecule has 1 fully saturated rings. The van der Waals surface area contributed by atoms with Gasteiger partial charge >= 0.3 is 5.97 Å². The molecule has 2 nitrogen and oxygen atoms in total. The lowest BCUT2D eigenvalue weighted by Crippen LogP contribution is -2.15. The summed E-state index contributed by atoms with van der Waals surface area (Å²) in [7, 11) is 0. The summed E-state index contributed by atoms with van der Waals surface area (Å²) in [6.45, 7) is 2.02. The molecule has 2 heteroatoms. The summed E-state index contributed by atoms with van der Waals surface area (Å²) in [6, 6.07) is 0. The summed E-state index contributed by atoms with van der Waals surface area (Å²) < 4.78 is 0. The number of hydrogen-bond acceptors (Lipinski definition) is 1. The standard InChI is InChI=1S/C7H12O2/c1-5-3-2-4-6(5)7(8)9/h5-6H,2-4H2,1H3,(H,8,9)/t5?,6-/m1/s1. The second-order valence-corrected chi connectivity index (χ2v) is 2.85. The summed E-state index contributed by atoms with van der Waals surface area (Å²) in [5, 5.41) is 8.58. The Morgan fingerprint density at radius 2 is 2.22 bits per heavy atom. The van der Waals surface area contributed by atoms with E-state index in [1.165, 1.54) is 0 Å². The van der Waals surface area contributed by atoms with Gasteiger partial charge in [0, 0.05) is 0 Å². The van der Waals surface area contributed by atoms with Gasteiger partial charge in [-0.05, 0) is 18.8 Å². The third-order valence-electron chi connectivity index (χ3n) is 2.18. The first-order chi connectivity index (χ1) is 4.22. The predicted octanol–water partition coefficient (Wildman–Crippen LogP) is 1.51. The molecule has 0 heterocycles. The molecule has 1 saturated carbocycles. The molecule has 1 rings (SSSR count). The van der Waals surface area contributed by atoms with Crippen molar-refractivity contribution in [1.82, 2.24) is 0 Å². The van der Waals surface area contributed by atoms with Crippen LogP contribution in [0.15, 0.2) is 0 Å². The molecule has 1 aliphatic carbocycles. The smallest absolute Gasteiger partial charge is 0.306 e. The van der Waals surface area contributed by atoms with E-state index in [0.717, 1.165) is 19.3 Å². The van der Waals surface area contributed by atoms with Crippen molar-refractivity contribution in [2.75, 3.05) is 0 Å². The van der Waals surface area contributed by atoms with Crippen molar-refractivity contribution in [3.63, 3.8) is 0 Å². The van der Waals surface area contributed by atoms with Crippen LogP contribution in [0.2, 0.25) is 0 Å². The van der Waals surface area contributed by atoms with Gasteiger partial charge in [0.1, 0.15) is 0 Å². The first-order valence-electron chi connectivity index (χ1n) is 3.44. The van der Waals surface area contributed by atoms with Crippen LogP contribution in [0.4, 0.5) is 0 Å². The highest BCUT2D eigenvalue weighted by Crippen LogP contribution is 2.30. The Hall–Kier alpha value is -0.530. The molecule has 1 aliphatic rings. The van der Waals surface area contributed by atoms with Gasteiger partial charge in [-0.1, -0.05) is 13.3 Å². The zero-order valence-electron chi connectivity index (χ0n) is 5.63. The summed E-state index contributed by atoms with van der Waals surface area (Å²) in [6.07, 6.45) is 3.08. The van der Waals surface area contributed by atoms with Crippen molar-refractivity contribution in [1.29, 1.82) is 0 Å². The molecule has 0 saturated heterocycles. The summed E-state index contributed by atoms with van der Waals surface area (Å²) in [5.41, 5.74) is 0. The summed E-state index contributed by atoms with van der Waals surface area (Å²) in [4.78, 5) is 10.4. The minimum Gasteiger partial charge on any atom is -0.481 e. The summed E-state index contributed by atoms with van der Waals surface area (Å²) >= 11 is 0. The Kier molecular flexibility index (Phi) is 1.74. The minimum atomic E-state index is -0.611. The molecule has 2 atom stereocenters. The van der Waals surface area contributed by atoms with E-state index in [-0.39, 0.29) is 5.92 Å². The van der Waals surface area contributed by atoms with E-state index >= 15 is 0 Å². The minimum absolute atomic E-state index is 0.0509. The Morgan fingerprint density at radius 3 is 2.44 bits per heavy atom. The highest BCUT2D eigenvalue weighted by molar-refractivity contribution is 5.70. The van der Waals surface area contributed by atoms with Crippen LogP contribution in [0.5, 0.6) is 0 Å². The molecule has 0 amide bonds. The molecule has 0 bridgehead atoms. The van der Waals surface area contributed by atoms with E-state index in [1.807, 2.05) is 6.92 Å². The van der Waals surface area contributed by atoms with Crippen molar-refractivity contribution in [2.24, 2.45) is 11.8 Å². The number of carboxylic acid groups (broad SMARTS) is 1. The van der Waals surface area contributed by atoms with Gasteiger partial charge in [0.15, 0.2) is 0 Å². The maximum Gasteiger partial charge on any atom is 0.306 e. The fraction of sp³-hybridized carbons (Fsp3) is 0.857. The van der Waals surface area contributed by atoms with Crippen molar-refractivity contribution < 1.29 is 9.90 Å². The Morgan fingerprint density at radius 1 is 1.56 bits per heavy atom. The molecule has 0 spiro atoms. The van der Waals surface area contributed by atoms with E-state index in [4.69, 9.17) is 5.11 Å². The van der Waals surface area contributed by atoms with Gasteiger partial charge in [0.25, 0.3) is 0 Å². The van der Waals surface area contributed by atoms with Crippen LogP contribution in [0.3, 0.4) is 0 Å². The highest BCUT2D eigenvalue weighted by Gasteiger charge is 2.28. The Balaban J connectivity index is 2.49. The fourth-order valence-corrected chi connectivity index (χ4v) is 1.51. The maximum absolute atomic E-state index is 10.4. The van der Waals surface area contributed by atoms with Gasteiger partial charge in [0.05, 0.1) is 5.92 Å². The molecule has 52 valence electrons. The van der Waals surface area contributed by atoms with Gasteiger partial charge in [-0.15, -0.1) is 0 Å². The first-order valence-corrected chi connectivity index (χ1v) is 3.44. The van der Waals surface area contributed by atoms with E-state index in [2.05, 4.69) is 0 Å². The molecule has 0 aliphatic heterocycles. The number of hydrogen-bond donors (Lipinski definition) is 1. The number of aliphatic carboxylic acids is 1. The van der Waals surface area contributed by atoms with Crippen LogP contribution < -0.4 is 0 Å². The van der Waals surface area contributed by atoms with Gasteiger partial charge in [0.2, 0.25) is 0 Å². The molecule has 0 aromatic rings. The Labute approximate surface area is 54.9 Å². The average Bonchev–Trinajstić information content (AvgIpc) is 2.13. The molecule has 0 radical (unpaired) electrons. The zero-order valence-corrected chi connectivity index (χ0v) is 5.63. The highest BCUT2D eigenvalue weighted by atomic mass is 16.4. The van der Waals surface area contributed by atoms with Gasteiger partial charge < -0.3 is 5.11 Å². The first kappa shape index (κ1) is 6.59. The number of carbonyl (C=O) groups is 1. The van der Waals surface area contributed by atoms with Crippen LogP contribution in [0.25, 0.3) is 0 Å². The van der Waals surface area contributed by atoms with Gasteiger partial charge in [-0.3, -0.25) is 4.79 Å². The van der Waals surface area contributed by atoms with E-state index < -0.39 is 5.97 Å². The fourth-order valence-electron chi connectivity index (χ4n) is 1.51. The zero-order chi connectivity index (χ0) is 6.85. The molecule has 1 N–H and O–H groups in total. The third kappa shape index (κ3) is 1.23. The second kappa shape index (κ2) is 2.38. The molecule has 0 aromatic heterocycles. The lowest BCUT2D eigenvalue weighted by molar-refractivity contribution is -0.142. The molecular weight excluding hydrogens is 116 g/mol. The van der Waals surface area contributed by atoms with Crippen molar-refractivity contribution >= 4 is 5.97 Å². The van der Waals surface area contributed by atoms with Gasteiger partial charge in [-0.2, -0.15) is 0 Å². The van der Waals surface area contributed by atoms with E-state index in [0.29, 0.717) is 5.92 Å². The second-order valence-electron chi connectivity index (χ2n) is 2.85. The quantitative estimate of drug-likeness (QED) is 0.581. The molecule has 1 unspecified atom stereocenters. The van der Waals surface area contributed by atoms with Crippen LogP contribution in [0.1, 0.15) is 26.2 Å². The third-order valence-corrected chi connectivity index (χ3v) is 2.18. The monoisotopic (exact) mass is 128 g/mol. The van der Waals surface area contributed by atoms with Crippen LogP contribution in [-0.2, 0) is 4.79 Å². The SMILES string of the molecule is CC1CCC[C@H]1C(=O)O. The van der Waals surface area contributed by atoms with Crippen molar-refractivity contribution in [3.8, 4) is 0 Å². The Bertz CT molecular complexity index is 120. The lowest BCUT2D eigenvalue weighted by atomic mass is 9.99. The van der Waals surface area contributed by atoms with Crippen LogP contribution in [0, 0.1) is 11.8 Å². The molecule has 0 aromatic carbocycles. The largest absolute Gasteiger partial charge is 0.481 e. The molecular formula is C7H12O2. The van der Waals surface area contributed by atoms with Crippen molar-refractivity contribution in [3.05, 3.63) is 0 Å². The van der Waals surface area contributed by atoms with Crippen molar-refractivity contribution in [2.45, 2.75) is 26.2 Å². The van der Waals surface area contributed by atoms with E-state index in [9.17, 15) is 4.79 Å². The maximum atomic E-state index is 10.4. The summed E-state index contributed by atoms with van der Waals surface area (Å²) in [5.74, 6) is -0.257. The van der Waals surface area contributed by atoms with Gasteiger partial charge in [-0.25, -0.2) is 0 Å². The van der Waals surface area contributed by atoms with Crippen LogP contribution in [-0.4, -0.2) is 11.1 Å². The molecule has 9 heavy (non-hydrogen) atoms. The average molecular weight is 128 g/mol. The topological polar surface area (TPSA) is 37.3 Å². The predicted molar refractivity (Wildman–Crippen MR) is 34.1 cm³/mol. The lowest BCUT2D eigenvalue weighted by Gasteiger charge is -2.07. The number of rotatable bonds is 1. The number of carboxylic acids is 1.